The van der Waals surface area contributed by atoms with Crippen LogP contribution >= 0.6 is 0 Å². The third-order valence-electron chi connectivity index (χ3n) is 2.34. The summed E-state index contributed by atoms with van der Waals surface area (Å²) in [5.74, 6) is -7.54. The zero-order valence-corrected chi connectivity index (χ0v) is 9.39. The van der Waals surface area contributed by atoms with Gasteiger partial charge in [0.25, 0.3) is 0 Å². The van der Waals surface area contributed by atoms with Gasteiger partial charge in [-0.3, -0.25) is 9.78 Å². The first-order chi connectivity index (χ1) is 8.18. The van der Waals surface area contributed by atoms with Gasteiger partial charge in [-0.2, -0.15) is 22.0 Å². The van der Waals surface area contributed by atoms with E-state index in [1.54, 1.807) is 0 Å². The average Bonchev–Trinajstić information content (AvgIpc) is 2.28. The number of aryl methyl sites for hydroxylation is 1. The molecule has 0 atom stereocenters. The van der Waals surface area contributed by atoms with Gasteiger partial charge in [0.15, 0.2) is 0 Å². The maximum absolute atomic E-state index is 12.7. The Bertz CT molecular complexity index is 424. The van der Waals surface area contributed by atoms with Crippen LogP contribution in [0.3, 0.4) is 0 Å². The van der Waals surface area contributed by atoms with Crippen LogP contribution in [-0.4, -0.2) is 22.9 Å². The van der Waals surface area contributed by atoms with E-state index in [0.717, 1.165) is 5.56 Å². The number of halogens is 5. The van der Waals surface area contributed by atoms with Gasteiger partial charge in [0.1, 0.15) is 0 Å². The van der Waals surface area contributed by atoms with E-state index in [1.165, 1.54) is 18.3 Å². The van der Waals surface area contributed by atoms with E-state index in [2.05, 4.69) is 4.98 Å². The molecule has 0 saturated carbocycles. The van der Waals surface area contributed by atoms with Crippen LogP contribution < -0.4 is 0 Å². The van der Waals surface area contributed by atoms with Crippen molar-refractivity contribution in [3.05, 3.63) is 29.6 Å². The summed E-state index contributed by atoms with van der Waals surface area (Å²) in [5, 5.41) is 0. The first-order valence-corrected chi connectivity index (χ1v) is 5.10. The molecule has 0 aliphatic rings. The van der Waals surface area contributed by atoms with Gasteiger partial charge in [-0.15, -0.1) is 0 Å². The topological polar surface area (TPSA) is 30.0 Å². The number of aromatic nitrogens is 1. The lowest BCUT2D eigenvalue weighted by molar-refractivity contribution is -0.268. The highest BCUT2D eigenvalue weighted by Gasteiger charge is 2.62. The fraction of sp³-hybridized carbons (Fsp3) is 0.455. The van der Waals surface area contributed by atoms with Gasteiger partial charge < -0.3 is 0 Å². The minimum absolute atomic E-state index is 0.110. The third-order valence-corrected chi connectivity index (χ3v) is 2.34. The summed E-state index contributed by atoms with van der Waals surface area (Å²) < 4.78 is 61.0. The molecule has 1 aromatic heterocycles. The van der Waals surface area contributed by atoms with Crippen LogP contribution in [0.15, 0.2) is 18.3 Å². The van der Waals surface area contributed by atoms with Gasteiger partial charge in [0.05, 0.1) is 6.42 Å². The third kappa shape index (κ3) is 3.02. The first kappa shape index (κ1) is 14.5. The van der Waals surface area contributed by atoms with Crippen molar-refractivity contribution in [1.29, 1.82) is 0 Å². The number of carbonyl (C=O) groups excluding carboxylic acids is 1. The quantitative estimate of drug-likeness (QED) is 0.785. The highest BCUT2D eigenvalue weighted by Crippen LogP contribution is 2.36. The molecular formula is C11H10F5NO. The predicted octanol–water partition coefficient (Wildman–Crippen LogP) is 2.95. The summed E-state index contributed by atoms with van der Waals surface area (Å²) in [4.78, 5) is 14.6. The van der Waals surface area contributed by atoms with E-state index in [1.807, 2.05) is 6.92 Å². The number of nitrogens with zero attached hydrogens (tertiary/aromatic N) is 1. The molecule has 7 heteroatoms. The second kappa shape index (κ2) is 4.99. The van der Waals surface area contributed by atoms with Crippen molar-refractivity contribution in [2.45, 2.75) is 31.9 Å². The van der Waals surface area contributed by atoms with Crippen molar-refractivity contribution in [2.24, 2.45) is 0 Å². The Morgan fingerprint density at radius 1 is 1.22 bits per heavy atom. The fourth-order valence-electron chi connectivity index (χ4n) is 1.20. The summed E-state index contributed by atoms with van der Waals surface area (Å²) in [5.41, 5.74) is 0.690. The Balaban J connectivity index is 2.81. The Hall–Kier alpha value is -1.53. The fourth-order valence-corrected chi connectivity index (χ4v) is 1.20. The van der Waals surface area contributed by atoms with E-state index in [4.69, 9.17) is 0 Å². The number of hydrogen-bond donors (Lipinski definition) is 0. The smallest absolute Gasteiger partial charge is 0.292 e. The van der Waals surface area contributed by atoms with Crippen LogP contribution in [-0.2, 0) is 17.6 Å². The number of alkyl halides is 5. The molecule has 1 rings (SSSR count). The molecule has 18 heavy (non-hydrogen) atoms. The Morgan fingerprint density at radius 3 is 2.22 bits per heavy atom. The van der Waals surface area contributed by atoms with E-state index in [-0.39, 0.29) is 5.69 Å². The Kier molecular flexibility index (Phi) is 4.03. The zero-order chi connectivity index (χ0) is 14.0. The number of Topliss-reactive ketones (excluding diaryl/α,β-unsaturated/α-hetero) is 1. The summed E-state index contributed by atoms with van der Waals surface area (Å²) in [7, 11) is 0. The SMILES string of the molecule is CCc1ccc(CC(=O)C(F)(F)C(F)(F)F)nc1. The van der Waals surface area contributed by atoms with E-state index >= 15 is 0 Å². The summed E-state index contributed by atoms with van der Waals surface area (Å²) in [6.45, 7) is 1.83. The van der Waals surface area contributed by atoms with Crippen molar-refractivity contribution in [3.63, 3.8) is 0 Å². The molecule has 0 amide bonds. The van der Waals surface area contributed by atoms with E-state index in [9.17, 15) is 26.7 Å². The Labute approximate surface area is 99.8 Å². The minimum Gasteiger partial charge on any atom is -0.292 e. The molecule has 0 saturated heterocycles. The molecule has 0 aliphatic heterocycles. The van der Waals surface area contributed by atoms with Crippen molar-refractivity contribution in [1.82, 2.24) is 4.98 Å². The van der Waals surface area contributed by atoms with Gasteiger partial charge in [-0.05, 0) is 18.1 Å². The normalized spacial score (nSPS) is 12.6. The number of carbonyl (C=O) groups is 1. The van der Waals surface area contributed by atoms with Crippen molar-refractivity contribution in [3.8, 4) is 0 Å². The van der Waals surface area contributed by atoms with E-state index in [0.29, 0.717) is 6.42 Å². The van der Waals surface area contributed by atoms with Gasteiger partial charge in [-0.1, -0.05) is 13.0 Å². The molecule has 0 bridgehead atoms. The van der Waals surface area contributed by atoms with Crippen molar-refractivity contribution >= 4 is 5.78 Å². The maximum atomic E-state index is 12.7. The highest BCUT2D eigenvalue weighted by atomic mass is 19.4. The zero-order valence-electron chi connectivity index (χ0n) is 9.39. The number of hydrogen-bond acceptors (Lipinski definition) is 2. The molecule has 0 aromatic carbocycles. The van der Waals surface area contributed by atoms with Crippen LogP contribution in [0.4, 0.5) is 22.0 Å². The summed E-state index contributed by atoms with van der Waals surface area (Å²) in [6, 6.07) is 2.80. The van der Waals surface area contributed by atoms with Crippen LogP contribution in [0.5, 0.6) is 0 Å². The molecule has 1 aromatic rings. The lowest BCUT2D eigenvalue weighted by atomic mass is 10.1. The molecule has 0 radical (unpaired) electrons. The second-order valence-electron chi connectivity index (χ2n) is 3.68. The van der Waals surface area contributed by atoms with Crippen molar-refractivity contribution < 1.29 is 26.7 Å². The predicted molar refractivity (Wildman–Crippen MR) is 53.3 cm³/mol. The van der Waals surface area contributed by atoms with Gasteiger partial charge in [-0.25, -0.2) is 0 Å². The standard InChI is InChI=1S/C11H10F5NO/c1-2-7-3-4-8(17-6-7)5-9(18)10(12,13)11(14,15)16/h3-4,6H,2,5H2,1H3. The maximum Gasteiger partial charge on any atom is 0.461 e. The molecule has 1 heterocycles. The van der Waals surface area contributed by atoms with Crippen LogP contribution in [0.25, 0.3) is 0 Å². The minimum atomic E-state index is -5.87. The number of pyridine rings is 1. The van der Waals surface area contributed by atoms with Crippen LogP contribution in [0, 0.1) is 0 Å². The molecule has 0 fully saturated rings. The second-order valence-corrected chi connectivity index (χ2v) is 3.68. The molecule has 0 spiro atoms. The number of ketones is 1. The van der Waals surface area contributed by atoms with Gasteiger partial charge in [0.2, 0.25) is 5.78 Å². The van der Waals surface area contributed by atoms with Gasteiger partial charge >= 0.3 is 12.1 Å². The Morgan fingerprint density at radius 2 is 1.83 bits per heavy atom. The largest absolute Gasteiger partial charge is 0.461 e. The van der Waals surface area contributed by atoms with Crippen LogP contribution in [0.2, 0.25) is 0 Å². The highest BCUT2D eigenvalue weighted by molar-refractivity contribution is 5.88. The lowest BCUT2D eigenvalue weighted by Crippen LogP contribution is -2.44. The lowest BCUT2D eigenvalue weighted by Gasteiger charge is -2.17. The molecule has 0 unspecified atom stereocenters. The molecule has 100 valence electrons. The summed E-state index contributed by atoms with van der Waals surface area (Å²) in [6.07, 6.45) is -4.92. The molecule has 0 N–H and O–H groups in total. The number of rotatable bonds is 4. The van der Waals surface area contributed by atoms with Crippen LogP contribution in [0.1, 0.15) is 18.2 Å². The first-order valence-electron chi connectivity index (χ1n) is 5.10. The molecular weight excluding hydrogens is 257 g/mol. The monoisotopic (exact) mass is 267 g/mol. The van der Waals surface area contributed by atoms with E-state index < -0.39 is 24.3 Å². The molecule has 0 aliphatic carbocycles. The van der Waals surface area contributed by atoms with Crippen molar-refractivity contribution in [2.75, 3.05) is 0 Å². The summed E-state index contributed by atoms with van der Waals surface area (Å²) >= 11 is 0. The van der Waals surface area contributed by atoms with Gasteiger partial charge in [0, 0.05) is 11.9 Å². The average molecular weight is 267 g/mol. The molecule has 2 nitrogen and oxygen atoms in total.